The van der Waals surface area contributed by atoms with Gasteiger partial charge < -0.3 is 20.5 Å². The van der Waals surface area contributed by atoms with Crippen molar-refractivity contribution in [3.8, 4) is 11.3 Å². The molecular formula is C22H25F2N3O4. The Kier molecular flexibility index (Phi) is 6.38. The van der Waals surface area contributed by atoms with Crippen molar-refractivity contribution in [2.24, 2.45) is 0 Å². The smallest absolute Gasteiger partial charge is 0.217 e. The van der Waals surface area contributed by atoms with Crippen molar-refractivity contribution in [3.63, 3.8) is 0 Å². The number of pyridine rings is 1. The van der Waals surface area contributed by atoms with Crippen LogP contribution < -0.4 is 10.6 Å². The van der Waals surface area contributed by atoms with Crippen molar-refractivity contribution in [2.45, 2.75) is 44.4 Å². The lowest BCUT2D eigenvalue weighted by Gasteiger charge is -2.30. The van der Waals surface area contributed by atoms with Crippen LogP contribution in [0.2, 0.25) is 0 Å². The van der Waals surface area contributed by atoms with E-state index in [1.54, 1.807) is 0 Å². The van der Waals surface area contributed by atoms with Gasteiger partial charge in [-0.2, -0.15) is 0 Å². The summed E-state index contributed by atoms with van der Waals surface area (Å²) in [5, 5.41) is 15.9. The van der Waals surface area contributed by atoms with Crippen molar-refractivity contribution in [3.05, 3.63) is 53.2 Å². The molecule has 2 amide bonds. The number of carbonyl (C=O) groups excluding carboxylic acids is 2. The molecule has 1 aromatic carbocycles. The largest absolute Gasteiger partial charge is 0.386 e. The molecule has 2 unspecified atom stereocenters. The number of nitrogens with one attached hydrogen (secondary N) is 2. The molecule has 0 aliphatic carbocycles. The molecule has 2 aromatic rings. The number of ether oxygens (including phenoxy) is 1. The Labute approximate surface area is 178 Å². The van der Waals surface area contributed by atoms with Crippen LogP contribution in [0, 0.1) is 11.6 Å². The fourth-order valence-corrected chi connectivity index (χ4v) is 3.76. The Morgan fingerprint density at radius 3 is 2.61 bits per heavy atom. The summed E-state index contributed by atoms with van der Waals surface area (Å²) >= 11 is 0. The molecule has 1 aliphatic heterocycles. The highest BCUT2D eigenvalue weighted by Gasteiger charge is 2.44. The van der Waals surface area contributed by atoms with Crippen LogP contribution in [0.25, 0.3) is 11.3 Å². The van der Waals surface area contributed by atoms with E-state index in [-0.39, 0.29) is 48.5 Å². The van der Waals surface area contributed by atoms with E-state index < -0.39 is 22.8 Å². The van der Waals surface area contributed by atoms with Crippen molar-refractivity contribution < 1.29 is 28.2 Å². The average molecular weight is 433 g/mol. The SMILES string of the molecule is CC(=O)NC1COC(CNC=O)(c2cc(C(C)(C)O)c(F)c(-c3ccc(F)cc3)n2)C1. The van der Waals surface area contributed by atoms with Crippen molar-refractivity contribution in [1.29, 1.82) is 0 Å². The number of aliphatic hydroxyl groups is 1. The van der Waals surface area contributed by atoms with Crippen molar-refractivity contribution in [2.75, 3.05) is 13.2 Å². The van der Waals surface area contributed by atoms with Crippen molar-refractivity contribution in [1.82, 2.24) is 15.6 Å². The van der Waals surface area contributed by atoms with Gasteiger partial charge in [-0.25, -0.2) is 13.8 Å². The molecule has 9 heteroatoms. The standard InChI is InChI=1S/C22H25F2N3O4/c1-13(29)26-16-9-22(31-10-16,11-25-12-28)18-8-17(21(2,3)30)19(24)20(27-18)14-4-6-15(23)7-5-14/h4-8,12,16,30H,9-11H2,1-3H3,(H,25,28)(H,26,29). The van der Waals surface area contributed by atoms with E-state index in [2.05, 4.69) is 15.6 Å². The molecule has 2 heterocycles. The number of nitrogens with zero attached hydrogens (tertiary/aromatic N) is 1. The van der Waals surface area contributed by atoms with E-state index in [1.807, 2.05) is 0 Å². The van der Waals surface area contributed by atoms with Gasteiger partial charge in [-0.15, -0.1) is 0 Å². The number of aromatic nitrogens is 1. The molecule has 0 radical (unpaired) electrons. The van der Waals surface area contributed by atoms with Crippen LogP contribution in [-0.2, 0) is 25.5 Å². The summed E-state index contributed by atoms with van der Waals surface area (Å²) in [7, 11) is 0. The maximum Gasteiger partial charge on any atom is 0.217 e. The molecule has 166 valence electrons. The van der Waals surface area contributed by atoms with Crippen LogP contribution in [0.15, 0.2) is 30.3 Å². The minimum Gasteiger partial charge on any atom is -0.386 e. The molecule has 0 saturated carbocycles. The Morgan fingerprint density at radius 2 is 2.03 bits per heavy atom. The molecule has 7 nitrogen and oxygen atoms in total. The first-order chi connectivity index (χ1) is 14.6. The lowest BCUT2D eigenvalue weighted by Crippen LogP contribution is -2.40. The van der Waals surface area contributed by atoms with Crippen LogP contribution in [0.4, 0.5) is 8.78 Å². The molecule has 0 bridgehead atoms. The highest BCUT2D eigenvalue weighted by Crippen LogP contribution is 2.39. The van der Waals surface area contributed by atoms with E-state index in [4.69, 9.17) is 4.74 Å². The lowest BCUT2D eigenvalue weighted by molar-refractivity contribution is -0.119. The quantitative estimate of drug-likeness (QED) is 0.581. The fraction of sp³-hybridized carbons (Fsp3) is 0.409. The molecule has 1 aromatic heterocycles. The normalized spacial score (nSPS) is 21.0. The number of halogens is 2. The zero-order valence-corrected chi connectivity index (χ0v) is 17.5. The summed E-state index contributed by atoms with van der Waals surface area (Å²) in [4.78, 5) is 27.0. The van der Waals surface area contributed by atoms with Crippen molar-refractivity contribution >= 4 is 12.3 Å². The number of carbonyl (C=O) groups is 2. The van der Waals surface area contributed by atoms with E-state index >= 15 is 4.39 Å². The molecule has 0 spiro atoms. The van der Waals surface area contributed by atoms with Gasteiger partial charge >= 0.3 is 0 Å². The number of hydrogen-bond donors (Lipinski definition) is 3. The first-order valence-electron chi connectivity index (χ1n) is 9.83. The second kappa shape index (κ2) is 8.68. The molecule has 3 rings (SSSR count). The first kappa shape index (κ1) is 22.8. The summed E-state index contributed by atoms with van der Waals surface area (Å²) in [5.41, 5.74) is -2.20. The monoisotopic (exact) mass is 433 g/mol. The van der Waals surface area contributed by atoms with E-state index in [0.717, 1.165) is 0 Å². The zero-order valence-electron chi connectivity index (χ0n) is 17.5. The Balaban J connectivity index is 2.17. The summed E-state index contributed by atoms with van der Waals surface area (Å²) in [6, 6.07) is 6.24. The predicted molar refractivity (Wildman–Crippen MR) is 109 cm³/mol. The maximum absolute atomic E-state index is 15.4. The molecule has 1 aliphatic rings. The zero-order chi connectivity index (χ0) is 22.8. The summed E-state index contributed by atoms with van der Waals surface area (Å²) in [6.45, 7) is 4.46. The van der Waals surface area contributed by atoms with Gasteiger partial charge in [0.25, 0.3) is 0 Å². The van der Waals surface area contributed by atoms with Gasteiger partial charge in [0.1, 0.15) is 17.1 Å². The second-order valence-electron chi connectivity index (χ2n) is 8.19. The van der Waals surface area contributed by atoms with Gasteiger partial charge in [0.05, 0.1) is 30.5 Å². The van der Waals surface area contributed by atoms with Crippen LogP contribution >= 0.6 is 0 Å². The minimum atomic E-state index is -1.55. The first-order valence-corrected chi connectivity index (χ1v) is 9.83. The fourth-order valence-electron chi connectivity index (χ4n) is 3.76. The van der Waals surface area contributed by atoms with E-state index in [9.17, 15) is 19.1 Å². The number of rotatable bonds is 7. The highest BCUT2D eigenvalue weighted by atomic mass is 19.1. The third-order valence-corrected chi connectivity index (χ3v) is 5.22. The van der Waals surface area contributed by atoms with E-state index in [0.29, 0.717) is 12.0 Å². The van der Waals surface area contributed by atoms with Crippen LogP contribution in [0.5, 0.6) is 0 Å². The molecule has 31 heavy (non-hydrogen) atoms. The Hall–Kier alpha value is -2.91. The minimum absolute atomic E-state index is 0.0196. The van der Waals surface area contributed by atoms with Gasteiger partial charge in [-0.3, -0.25) is 9.59 Å². The molecular weight excluding hydrogens is 408 g/mol. The Bertz CT molecular complexity index is 976. The molecule has 1 fully saturated rings. The highest BCUT2D eigenvalue weighted by molar-refractivity contribution is 5.73. The summed E-state index contributed by atoms with van der Waals surface area (Å²) < 4.78 is 34.8. The third kappa shape index (κ3) is 4.88. The number of benzene rings is 1. The summed E-state index contributed by atoms with van der Waals surface area (Å²) in [6.07, 6.45) is 0.790. The topological polar surface area (TPSA) is 101 Å². The van der Waals surface area contributed by atoms with Crippen LogP contribution in [0.3, 0.4) is 0 Å². The maximum atomic E-state index is 15.4. The number of hydrogen-bond acceptors (Lipinski definition) is 5. The third-order valence-electron chi connectivity index (χ3n) is 5.22. The predicted octanol–water partition coefficient (Wildman–Crippen LogP) is 2.12. The average Bonchev–Trinajstić information content (AvgIpc) is 3.09. The van der Waals surface area contributed by atoms with Crippen LogP contribution in [-0.4, -0.2) is 41.6 Å². The Morgan fingerprint density at radius 1 is 1.35 bits per heavy atom. The van der Waals surface area contributed by atoms with E-state index in [1.165, 1.54) is 51.1 Å². The van der Waals surface area contributed by atoms with Gasteiger partial charge in [0.2, 0.25) is 12.3 Å². The van der Waals surface area contributed by atoms with Gasteiger partial charge in [-0.05, 0) is 44.2 Å². The molecule has 3 N–H and O–H groups in total. The molecule has 2 atom stereocenters. The second-order valence-corrected chi connectivity index (χ2v) is 8.19. The number of amides is 2. The summed E-state index contributed by atoms with van der Waals surface area (Å²) in [5.74, 6) is -1.45. The van der Waals surface area contributed by atoms with Gasteiger partial charge in [-0.1, -0.05) is 0 Å². The lowest BCUT2D eigenvalue weighted by atomic mass is 9.88. The van der Waals surface area contributed by atoms with Gasteiger partial charge in [0, 0.05) is 24.5 Å². The van der Waals surface area contributed by atoms with Gasteiger partial charge in [0.15, 0.2) is 5.82 Å². The van der Waals surface area contributed by atoms with Crippen LogP contribution in [0.1, 0.15) is 38.4 Å². The molecule has 1 saturated heterocycles.